The molecule has 0 bridgehead atoms. The smallest absolute Gasteiger partial charge is 0.401 e. The highest BCUT2D eigenvalue weighted by atomic mass is 79.9. The largest absolute Gasteiger partial charge is 0.508 e. The maximum atomic E-state index is 12.3. The van der Waals surface area contributed by atoms with E-state index in [9.17, 15) is 23.1 Å². The van der Waals surface area contributed by atoms with E-state index in [1.165, 1.54) is 18.2 Å². The monoisotopic (exact) mass is 341 g/mol. The molecule has 0 spiro atoms. The first-order chi connectivity index (χ1) is 8.67. The third-order valence-electron chi connectivity index (χ3n) is 2.20. The van der Waals surface area contributed by atoms with E-state index >= 15 is 0 Å². The summed E-state index contributed by atoms with van der Waals surface area (Å²) in [7, 11) is 0. The Morgan fingerprint density at radius 3 is 2.53 bits per heavy atom. The summed E-state index contributed by atoms with van der Waals surface area (Å²) in [6, 6.07) is 4.30. The lowest BCUT2D eigenvalue weighted by atomic mass is 10.2. The van der Waals surface area contributed by atoms with Crippen molar-refractivity contribution in [2.45, 2.75) is 12.7 Å². The van der Waals surface area contributed by atoms with Gasteiger partial charge in [-0.15, -0.1) is 0 Å². The molecule has 4 nitrogen and oxygen atoms in total. The molecule has 1 aromatic rings. The van der Waals surface area contributed by atoms with Gasteiger partial charge in [0.05, 0.1) is 13.1 Å². The minimum Gasteiger partial charge on any atom is -0.508 e. The molecule has 0 aliphatic heterocycles. The van der Waals surface area contributed by atoms with E-state index < -0.39 is 25.2 Å². The lowest BCUT2D eigenvalue weighted by molar-refractivity contribution is -0.154. The molecule has 8 heteroatoms. The van der Waals surface area contributed by atoms with Crippen molar-refractivity contribution in [3.8, 4) is 5.75 Å². The molecule has 0 amide bonds. The van der Waals surface area contributed by atoms with Crippen LogP contribution < -0.4 is 0 Å². The van der Waals surface area contributed by atoms with Crippen molar-refractivity contribution < 1.29 is 28.2 Å². The number of carboxylic acid groups (broad SMARTS) is 1. The summed E-state index contributed by atoms with van der Waals surface area (Å²) < 4.78 is 37.6. The van der Waals surface area contributed by atoms with Gasteiger partial charge in [0.1, 0.15) is 5.75 Å². The number of alkyl halides is 3. The van der Waals surface area contributed by atoms with Crippen LogP contribution in [0.3, 0.4) is 0 Å². The van der Waals surface area contributed by atoms with Gasteiger partial charge in [0.2, 0.25) is 0 Å². The number of nitrogens with zero attached hydrogens (tertiary/aromatic N) is 1. The molecule has 0 aliphatic rings. The molecule has 0 radical (unpaired) electrons. The van der Waals surface area contributed by atoms with Crippen molar-refractivity contribution >= 4 is 21.9 Å². The number of carbonyl (C=O) groups is 1. The highest BCUT2D eigenvalue weighted by Gasteiger charge is 2.31. The van der Waals surface area contributed by atoms with Crippen molar-refractivity contribution in [1.82, 2.24) is 4.90 Å². The van der Waals surface area contributed by atoms with Gasteiger partial charge in [0, 0.05) is 16.6 Å². The van der Waals surface area contributed by atoms with Gasteiger partial charge < -0.3 is 10.2 Å². The number of phenols is 1. The molecular weight excluding hydrogens is 331 g/mol. The summed E-state index contributed by atoms with van der Waals surface area (Å²) in [6.07, 6.45) is -4.50. The van der Waals surface area contributed by atoms with Gasteiger partial charge in [0.15, 0.2) is 0 Å². The molecule has 0 aromatic heterocycles. The van der Waals surface area contributed by atoms with Gasteiger partial charge in [-0.25, -0.2) is 0 Å². The fourth-order valence-corrected chi connectivity index (χ4v) is 1.94. The molecule has 19 heavy (non-hydrogen) atoms. The second-order valence-corrected chi connectivity index (χ2v) is 4.84. The minimum absolute atomic E-state index is 0.180. The Labute approximate surface area is 115 Å². The highest BCUT2D eigenvalue weighted by molar-refractivity contribution is 9.10. The Morgan fingerprint density at radius 1 is 1.37 bits per heavy atom. The van der Waals surface area contributed by atoms with Crippen molar-refractivity contribution in [2.24, 2.45) is 0 Å². The highest BCUT2D eigenvalue weighted by Crippen LogP contribution is 2.25. The maximum Gasteiger partial charge on any atom is 0.401 e. The van der Waals surface area contributed by atoms with Gasteiger partial charge in [-0.3, -0.25) is 9.69 Å². The third-order valence-corrected chi connectivity index (χ3v) is 2.69. The number of carboxylic acids is 1. The average Bonchev–Trinajstić information content (AvgIpc) is 2.20. The van der Waals surface area contributed by atoms with Crippen molar-refractivity contribution in [2.75, 3.05) is 13.1 Å². The number of aromatic hydroxyl groups is 1. The third kappa shape index (κ3) is 5.93. The van der Waals surface area contributed by atoms with Crippen LogP contribution in [0.25, 0.3) is 0 Å². The predicted octanol–water partition coefficient (Wildman–Crippen LogP) is 2.60. The maximum absolute atomic E-state index is 12.3. The Morgan fingerprint density at radius 2 is 2.00 bits per heavy atom. The SMILES string of the molecule is O=C(O)CN(Cc1cc(Br)ccc1O)CC(F)(F)F. The van der Waals surface area contributed by atoms with E-state index in [0.29, 0.717) is 9.37 Å². The molecule has 0 fully saturated rings. The minimum atomic E-state index is -4.50. The van der Waals surface area contributed by atoms with Crippen LogP contribution in [0.4, 0.5) is 13.2 Å². The summed E-state index contributed by atoms with van der Waals surface area (Å²) in [5, 5.41) is 18.1. The van der Waals surface area contributed by atoms with E-state index in [1.807, 2.05) is 0 Å². The summed E-state index contributed by atoms with van der Waals surface area (Å²) in [6.45, 7) is -2.42. The average molecular weight is 342 g/mol. The number of aliphatic carboxylic acids is 1. The normalized spacial score (nSPS) is 11.8. The number of hydrogen-bond donors (Lipinski definition) is 2. The zero-order valence-electron chi connectivity index (χ0n) is 9.62. The number of hydrogen-bond acceptors (Lipinski definition) is 3. The first kappa shape index (κ1) is 15.8. The van der Waals surface area contributed by atoms with Crippen LogP contribution in [-0.4, -0.2) is 40.3 Å². The van der Waals surface area contributed by atoms with E-state index in [1.54, 1.807) is 0 Å². The molecular formula is C11H11BrF3NO3. The molecule has 106 valence electrons. The lowest BCUT2D eigenvalue weighted by Gasteiger charge is -2.22. The van der Waals surface area contributed by atoms with Gasteiger partial charge in [-0.1, -0.05) is 15.9 Å². The standard InChI is InChI=1S/C11H11BrF3NO3/c12-8-1-2-9(17)7(3-8)4-16(5-10(18)19)6-11(13,14)15/h1-3,17H,4-6H2,(H,18,19). The van der Waals surface area contributed by atoms with Crippen molar-refractivity contribution in [3.63, 3.8) is 0 Å². The second-order valence-electron chi connectivity index (χ2n) is 3.93. The molecule has 2 N–H and O–H groups in total. The molecule has 1 aromatic carbocycles. The Bertz CT molecular complexity index is 465. The van der Waals surface area contributed by atoms with Crippen LogP contribution >= 0.6 is 15.9 Å². The Hall–Kier alpha value is -1.28. The van der Waals surface area contributed by atoms with E-state index in [-0.39, 0.29) is 17.9 Å². The number of halogens is 4. The van der Waals surface area contributed by atoms with Crippen molar-refractivity contribution in [3.05, 3.63) is 28.2 Å². The molecule has 0 unspecified atom stereocenters. The summed E-state index contributed by atoms with van der Waals surface area (Å²) >= 11 is 3.13. The van der Waals surface area contributed by atoms with Crippen LogP contribution in [0.5, 0.6) is 5.75 Å². The Kier molecular flexibility index (Phi) is 5.19. The van der Waals surface area contributed by atoms with Gasteiger partial charge in [0.25, 0.3) is 0 Å². The number of phenolic OH excluding ortho intramolecular Hbond substituents is 1. The van der Waals surface area contributed by atoms with Crippen molar-refractivity contribution in [1.29, 1.82) is 0 Å². The van der Waals surface area contributed by atoms with Gasteiger partial charge in [-0.2, -0.15) is 13.2 Å². The van der Waals surface area contributed by atoms with E-state index in [0.717, 1.165) is 0 Å². The van der Waals surface area contributed by atoms with Gasteiger partial charge in [-0.05, 0) is 18.2 Å². The van der Waals surface area contributed by atoms with E-state index in [4.69, 9.17) is 5.11 Å². The summed E-state index contributed by atoms with van der Waals surface area (Å²) in [5.74, 6) is -1.54. The predicted molar refractivity (Wildman–Crippen MR) is 64.8 cm³/mol. The van der Waals surface area contributed by atoms with Crippen LogP contribution in [0.2, 0.25) is 0 Å². The van der Waals surface area contributed by atoms with Gasteiger partial charge >= 0.3 is 12.1 Å². The molecule has 1 rings (SSSR count). The first-order valence-corrected chi connectivity index (χ1v) is 5.95. The van der Waals surface area contributed by atoms with E-state index in [2.05, 4.69) is 15.9 Å². The second kappa shape index (κ2) is 6.25. The first-order valence-electron chi connectivity index (χ1n) is 5.15. The molecule has 0 heterocycles. The molecule has 0 aliphatic carbocycles. The molecule has 0 saturated carbocycles. The fourth-order valence-electron chi connectivity index (χ4n) is 1.53. The number of rotatable bonds is 5. The lowest BCUT2D eigenvalue weighted by Crippen LogP contribution is -2.37. The van der Waals surface area contributed by atoms with Crippen LogP contribution in [0.1, 0.15) is 5.56 Å². The fraction of sp³-hybridized carbons (Fsp3) is 0.364. The summed E-state index contributed by atoms with van der Waals surface area (Å²) in [5.41, 5.74) is 0.222. The molecule has 0 saturated heterocycles. The van der Waals surface area contributed by atoms with Crippen LogP contribution in [-0.2, 0) is 11.3 Å². The topological polar surface area (TPSA) is 60.8 Å². The zero-order chi connectivity index (χ0) is 14.6. The molecule has 0 atom stereocenters. The summed E-state index contributed by atoms with van der Waals surface area (Å²) in [4.78, 5) is 11.3. The van der Waals surface area contributed by atoms with Crippen LogP contribution in [0, 0.1) is 0 Å². The zero-order valence-corrected chi connectivity index (χ0v) is 11.2. The Balaban J connectivity index is 2.87. The quantitative estimate of drug-likeness (QED) is 0.864. The number of benzene rings is 1. The van der Waals surface area contributed by atoms with Crippen LogP contribution in [0.15, 0.2) is 22.7 Å².